The number of aryl methyl sites for hydroxylation is 2. The summed E-state index contributed by atoms with van der Waals surface area (Å²) < 4.78 is 0. The van der Waals surface area contributed by atoms with Crippen molar-refractivity contribution in [2.45, 2.75) is 39.3 Å². The highest BCUT2D eigenvalue weighted by atomic mass is 15.2. The van der Waals surface area contributed by atoms with Crippen LogP contribution in [0.1, 0.15) is 24.5 Å². The summed E-state index contributed by atoms with van der Waals surface area (Å²) in [5, 5.41) is 12.4. The van der Waals surface area contributed by atoms with E-state index in [4.69, 9.17) is 5.26 Å². The minimum absolute atomic E-state index is 0.278. The molecule has 0 aliphatic carbocycles. The topological polar surface area (TPSA) is 39.1 Å². The van der Waals surface area contributed by atoms with Crippen LogP contribution in [0.4, 0.5) is 5.69 Å². The van der Waals surface area contributed by atoms with Gasteiger partial charge in [-0.25, -0.2) is 0 Å². The van der Waals surface area contributed by atoms with Gasteiger partial charge in [0.1, 0.15) is 0 Å². The van der Waals surface area contributed by atoms with Crippen molar-refractivity contribution in [2.75, 3.05) is 18.0 Å². The predicted octanol–water partition coefficient (Wildman–Crippen LogP) is 2.38. The third-order valence-corrected chi connectivity index (χ3v) is 3.65. The van der Waals surface area contributed by atoms with Crippen molar-refractivity contribution < 1.29 is 0 Å². The number of nitriles is 1. The molecule has 18 heavy (non-hydrogen) atoms. The number of hydrogen-bond acceptors (Lipinski definition) is 3. The molecule has 1 N–H and O–H groups in total. The van der Waals surface area contributed by atoms with E-state index in [-0.39, 0.29) is 6.04 Å². The lowest BCUT2D eigenvalue weighted by atomic mass is 10.0. The van der Waals surface area contributed by atoms with E-state index in [0.717, 1.165) is 13.1 Å². The van der Waals surface area contributed by atoms with Crippen LogP contribution in [-0.2, 0) is 0 Å². The molecule has 1 heterocycles. The van der Waals surface area contributed by atoms with Crippen LogP contribution < -0.4 is 10.2 Å². The molecular formula is C15H21N3. The van der Waals surface area contributed by atoms with Gasteiger partial charge in [0.25, 0.3) is 0 Å². The fourth-order valence-electron chi connectivity index (χ4n) is 2.82. The number of benzene rings is 1. The lowest BCUT2D eigenvalue weighted by Gasteiger charge is -2.42. The molecule has 1 fully saturated rings. The summed E-state index contributed by atoms with van der Waals surface area (Å²) in [4.78, 5) is 2.41. The van der Waals surface area contributed by atoms with Gasteiger partial charge in [0, 0.05) is 24.8 Å². The largest absolute Gasteiger partial charge is 0.362 e. The SMILES string of the molecule is Cc1ccc(N2C(C)CNCC2CC#N)c(C)c1. The van der Waals surface area contributed by atoms with Crippen LogP contribution in [-0.4, -0.2) is 25.2 Å². The van der Waals surface area contributed by atoms with E-state index in [1.54, 1.807) is 0 Å². The molecular weight excluding hydrogens is 222 g/mol. The Morgan fingerprint density at radius 1 is 1.39 bits per heavy atom. The number of hydrogen-bond donors (Lipinski definition) is 1. The van der Waals surface area contributed by atoms with Crippen LogP contribution in [0.25, 0.3) is 0 Å². The molecule has 2 unspecified atom stereocenters. The van der Waals surface area contributed by atoms with E-state index >= 15 is 0 Å². The summed E-state index contributed by atoms with van der Waals surface area (Å²) in [5.74, 6) is 0. The first-order valence-corrected chi connectivity index (χ1v) is 6.56. The van der Waals surface area contributed by atoms with E-state index in [0.29, 0.717) is 12.5 Å². The molecule has 1 saturated heterocycles. The number of nitrogens with zero attached hydrogens (tertiary/aromatic N) is 2. The third-order valence-electron chi connectivity index (χ3n) is 3.65. The number of rotatable bonds is 2. The highest BCUT2D eigenvalue weighted by Gasteiger charge is 2.28. The molecule has 1 aliphatic rings. The molecule has 0 aromatic heterocycles. The Labute approximate surface area is 109 Å². The Balaban J connectivity index is 2.34. The Hall–Kier alpha value is -1.53. The van der Waals surface area contributed by atoms with Crippen molar-refractivity contribution in [3.8, 4) is 6.07 Å². The standard InChI is InChI=1S/C15H21N3/c1-11-4-5-15(12(2)8-11)18-13(3)9-17-10-14(18)6-7-16/h4-5,8,13-14,17H,6,9-10H2,1-3H3. The number of nitrogens with one attached hydrogen (secondary N) is 1. The molecule has 0 radical (unpaired) electrons. The Morgan fingerprint density at radius 2 is 2.17 bits per heavy atom. The second kappa shape index (κ2) is 5.41. The van der Waals surface area contributed by atoms with Crippen molar-refractivity contribution in [3.05, 3.63) is 29.3 Å². The first kappa shape index (κ1) is 12.9. The average molecular weight is 243 g/mol. The fourth-order valence-corrected chi connectivity index (χ4v) is 2.82. The summed E-state index contributed by atoms with van der Waals surface area (Å²) in [6, 6.07) is 9.57. The first-order valence-electron chi connectivity index (χ1n) is 6.56. The average Bonchev–Trinajstić information content (AvgIpc) is 2.31. The monoisotopic (exact) mass is 243 g/mol. The van der Waals surface area contributed by atoms with Gasteiger partial charge in [0.15, 0.2) is 0 Å². The lowest BCUT2D eigenvalue weighted by Crippen LogP contribution is -2.56. The predicted molar refractivity (Wildman–Crippen MR) is 74.7 cm³/mol. The van der Waals surface area contributed by atoms with Gasteiger partial charge in [-0.05, 0) is 32.4 Å². The van der Waals surface area contributed by atoms with E-state index in [1.165, 1.54) is 16.8 Å². The molecule has 0 saturated carbocycles. The molecule has 1 aromatic carbocycles. The van der Waals surface area contributed by atoms with E-state index in [2.05, 4.69) is 55.3 Å². The molecule has 3 nitrogen and oxygen atoms in total. The zero-order chi connectivity index (χ0) is 13.1. The molecule has 0 spiro atoms. The molecule has 1 aromatic rings. The Morgan fingerprint density at radius 3 is 2.83 bits per heavy atom. The Bertz CT molecular complexity index is 461. The lowest BCUT2D eigenvalue weighted by molar-refractivity contribution is 0.417. The zero-order valence-corrected chi connectivity index (χ0v) is 11.4. The Kier molecular flexibility index (Phi) is 3.88. The van der Waals surface area contributed by atoms with Gasteiger partial charge in [0.2, 0.25) is 0 Å². The zero-order valence-electron chi connectivity index (χ0n) is 11.4. The second-order valence-electron chi connectivity index (χ2n) is 5.22. The smallest absolute Gasteiger partial charge is 0.0643 e. The highest BCUT2D eigenvalue weighted by Crippen LogP contribution is 2.27. The van der Waals surface area contributed by atoms with Gasteiger partial charge in [-0.3, -0.25) is 0 Å². The van der Waals surface area contributed by atoms with Crippen molar-refractivity contribution in [2.24, 2.45) is 0 Å². The van der Waals surface area contributed by atoms with Gasteiger partial charge in [-0.15, -0.1) is 0 Å². The highest BCUT2D eigenvalue weighted by molar-refractivity contribution is 5.56. The van der Waals surface area contributed by atoms with Crippen LogP contribution in [0, 0.1) is 25.2 Å². The summed E-state index contributed by atoms with van der Waals surface area (Å²) in [7, 11) is 0. The second-order valence-corrected chi connectivity index (χ2v) is 5.22. The maximum Gasteiger partial charge on any atom is 0.0643 e. The molecule has 96 valence electrons. The van der Waals surface area contributed by atoms with Crippen molar-refractivity contribution >= 4 is 5.69 Å². The number of anilines is 1. The van der Waals surface area contributed by atoms with Gasteiger partial charge < -0.3 is 10.2 Å². The van der Waals surface area contributed by atoms with Crippen molar-refractivity contribution in [1.82, 2.24) is 5.32 Å². The maximum atomic E-state index is 8.98. The van der Waals surface area contributed by atoms with Crippen LogP contribution in [0.15, 0.2) is 18.2 Å². The van der Waals surface area contributed by atoms with Crippen LogP contribution in [0.5, 0.6) is 0 Å². The van der Waals surface area contributed by atoms with Crippen LogP contribution >= 0.6 is 0 Å². The van der Waals surface area contributed by atoms with E-state index < -0.39 is 0 Å². The summed E-state index contributed by atoms with van der Waals surface area (Å²) in [6.45, 7) is 8.36. The minimum atomic E-state index is 0.278. The fraction of sp³-hybridized carbons (Fsp3) is 0.533. The van der Waals surface area contributed by atoms with E-state index in [9.17, 15) is 0 Å². The normalized spacial score (nSPS) is 23.8. The summed E-state index contributed by atoms with van der Waals surface area (Å²) >= 11 is 0. The minimum Gasteiger partial charge on any atom is -0.362 e. The van der Waals surface area contributed by atoms with Gasteiger partial charge >= 0.3 is 0 Å². The molecule has 0 amide bonds. The third kappa shape index (κ3) is 2.49. The molecule has 3 heteroatoms. The quantitative estimate of drug-likeness (QED) is 0.867. The van der Waals surface area contributed by atoms with Gasteiger partial charge in [0.05, 0.1) is 18.5 Å². The van der Waals surface area contributed by atoms with Gasteiger partial charge in [-0.2, -0.15) is 5.26 Å². The summed E-state index contributed by atoms with van der Waals surface area (Å²) in [5.41, 5.74) is 3.86. The molecule has 0 bridgehead atoms. The van der Waals surface area contributed by atoms with Crippen LogP contribution in [0.2, 0.25) is 0 Å². The molecule has 2 rings (SSSR count). The maximum absolute atomic E-state index is 8.98. The molecule has 1 aliphatic heterocycles. The van der Waals surface area contributed by atoms with Gasteiger partial charge in [-0.1, -0.05) is 17.7 Å². The van der Waals surface area contributed by atoms with Crippen molar-refractivity contribution in [1.29, 1.82) is 5.26 Å². The van der Waals surface area contributed by atoms with Crippen molar-refractivity contribution in [3.63, 3.8) is 0 Å². The number of piperazine rings is 1. The van der Waals surface area contributed by atoms with E-state index in [1.807, 2.05) is 0 Å². The summed E-state index contributed by atoms with van der Waals surface area (Å²) in [6.07, 6.45) is 0.574. The molecule has 2 atom stereocenters. The first-order chi connectivity index (χ1) is 8.63. The van der Waals surface area contributed by atoms with Crippen LogP contribution in [0.3, 0.4) is 0 Å².